The van der Waals surface area contributed by atoms with Gasteiger partial charge in [-0.15, -0.1) is 0 Å². The number of aromatic carboxylic acids is 1. The number of phosphoric acid groups is 8. The number of nitrogen functional groups attached to an aromatic ring is 4. The van der Waals surface area contributed by atoms with Gasteiger partial charge in [-0.3, -0.25) is 55.5 Å². The number of amides is 1. The molecule has 6 aromatic rings. The summed E-state index contributed by atoms with van der Waals surface area (Å²) in [4.78, 5) is 213. The predicted molar refractivity (Wildman–Crippen MR) is 381 cm³/mol. The van der Waals surface area contributed by atoms with E-state index in [2.05, 4.69) is 70.9 Å². The molecule has 21 atom stereocenters. The van der Waals surface area contributed by atoms with E-state index in [-0.39, 0.29) is 39.8 Å². The number of nitrogens with zero attached hydrogens (tertiary/aromatic N) is 12. The van der Waals surface area contributed by atoms with Gasteiger partial charge in [0.05, 0.1) is 64.6 Å². The molecule has 12 unspecified atom stereocenters. The Kier molecular flexibility index (Phi) is 37.1. The smallest absolute Gasteiger partial charge is 0.481 e. The molecule has 0 bridgehead atoms. The third-order valence-electron chi connectivity index (χ3n) is 15.2. The van der Waals surface area contributed by atoms with Crippen molar-refractivity contribution in [3.8, 4) is 0 Å². The van der Waals surface area contributed by atoms with Gasteiger partial charge in [-0.25, -0.2) is 86.0 Å². The number of carboxylic acids is 5. The van der Waals surface area contributed by atoms with Crippen LogP contribution in [-0.2, 0) is 106 Å². The number of aliphatic hydroxyl groups is 8. The number of hydrogen-bond acceptors (Lipinski definition) is 46. The summed E-state index contributed by atoms with van der Waals surface area (Å²) in [6, 6.07) is -3.05. The molecule has 124 heavy (non-hydrogen) atoms. The fourth-order valence-corrected chi connectivity index (χ4v) is 15.3. The molecule has 0 radical (unpaired) electrons. The van der Waals surface area contributed by atoms with Gasteiger partial charge < -0.3 is 188 Å². The van der Waals surface area contributed by atoms with E-state index in [9.17, 15) is 111 Å². The van der Waals surface area contributed by atoms with E-state index in [1.807, 2.05) is 5.32 Å². The fraction of sp³-hybridized carbons (Fsp3) is 0.522. The van der Waals surface area contributed by atoms with Crippen molar-refractivity contribution in [1.29, 1.82) is 0 Å². The Hall–Kier alpha value is -7.98. The Morgan fingerprint density at radius 2 is 0.702 bits per heavy atom. The lowest BCUT2D eigenvalue weighted by molar-refractivity contribution is -0.145. The summed E-state index contributed by atoms with van der Waals surface area (Å²) in [5.74, 6) is -8.67. The van der Waals surface area contributed by atoms with Crippen molar-refractivity contribution in [1.82, 2.24) is 63.5 Å². The predicted octanol–water partition coefficient (Wildman–Crippen LogP) is -10.7. The van der Waals surface area contributed by atoms with E-state index in [1.54, 1.807) is 0 Å². The first kappa shape index (κ1) is 107. The van der Waals surface area contributed by atoms with Gasteiger partial charge >= 0.3 is 92.4 Å². The molecule has 4 aliphatic rings. The molecule has 0 aromatic carbocycles. The molecule has 4 aliphatic heterocycles. The lowest BCUT2D eigenvalue weighted by Gasteiger charge is -2.19. The molecule has 6 aromatic heterocycles. The zero-order valence-electron chi connectivity index (χ0n) is 60.7. The first-order chi connectivity index (χ1) is 56.6. The summed E-state index contributed by atoms with van der Waals surface area (Å²) < 4.78 is 140. The number of fused-ring (bicyclic) bond motifs is 2. The average molecular weight is 1960 g/mol. The van der Waals surface area contributed by atoms with E-state index >= 15 is 0 Å². The molecular formula is C46H74N18O52P8. The van der Waals surface area contributed by atoms with Crippen molar-refractivity contribution in [3.05, 3.63) is 49.4 Å². The molecule has 38 N–H and O–H groups in total. The third kappa shape index (κ3) is 31.8. The molecule has 1 amide bonds. The van der Waals surface area contributed by atoms with E-state index in [0.29, 0.717) is 0 Å². The second-order valence-electron chi connectivity index (χ2n) is 24.2. The normalized spacial score (nSPS) is 25.9. The number of carboxylic acid groups (broad SMARTS) is 5. The number of carbonyl (C=O) groups excluding carboxylic acids is 1. The van der Waals surface area contributed by atoms with Crippen LogP contribution in [0.15, 0.2) is 38.0 Å². The molecule has 0 spiro atoms. The highest BCUT2D eigenvalue weighted by Crippen LogP contribution is 2.66. The molecule has 4 saturated heterocycles. The van der Waals surface area contributed by atoms with Crippen LogP contribution in [0, 0.1) is 0 Å². The summed E-state index contributed by atoms with van der Waals surface area (Å²) in [5, 5.41) is 125. The Bertz CT molecular complexity index is 5140. The number of anilines is 4. The van der Waals surface area contributed by atoms with Crippen LogP contribution in [0.5, 0.6) is 0 Å². The van der Waals surface area contributed by atoms with E-state index in [1.165, 1.54) is 21.8 Å². The number of hydrogen-bond donors (Lipinski definition) is 33. The number of nitrogens with one attached hydrogen (secondary N) is 1. The molecule has 0 aliphatic carbocycles. The van der Waals surface area contributed by atoms with Crippen molar-refractivity contribution < 1.29 is 250 Å². The highest BCUT2D eigenvalue weighted by Gasteiger charge is 2.51. The topological polar surface area (TPSA) is 1150 Å². The number of aromatic nitrogens is 12. The van der Waals surface area contributed by atoms with Gasteiger partial charge in [-0.2, -0.15) is 12.9 Å². The van der Waals surface area contributed by atoms with Gasteiger partial charge in [0.15, 0.2) is 59.2 Å². The first-order valence-corrected chi connectivity index (χ1v) is 44.3. The van der Waals surface area contributed by atoms with Crippen LogP contribution in [0.1, 0.15) is 58.7 Å². The minimum atomic E-state index is -5.70. The molecule has 70 nitrogen and oxygen atoms in total. The van der Waals surface area contributed by atoms with Gasteiger partial charge in [0.2, 0.25) is 0 Å². The van der Waals surface area contributed by atoms with Crippen molar-refractivity contribution in [3.63, 3.8) is 0 Å². The van der Waals surface area contributed by atoms with Gasteiger partial charge in [0, 0.05) is 0 Å². The highest BCUT2D eigenvalue weighted by molar-refractivity contribution is 7.66. The number of carbonyl (C=O) groups is 6. The van der Waals surface area contributed by atoms with Crippen LogP contribution in [0.3, 0.4) is 0 Å². The van der Waals surface area contributed by atoms with E-state index in [0.717, 1.165) is 34.4 Å². The van der Waals surface area contributed by atoms with Crippen molar-refractivity contribution in [2.45, 2.75) is 123 Å². The number of imidazole rings is 4. The molecular weight excluding hydrogens is 1880 g/mol. The van der Waals surface area contributed by atoms with Crippen molar-refractivity contribution >= 4 is 144 Å². The maximum absolute atomic E-state index is 12.2. The van der Waals surface area contributed by atoms with Crippen molar-refractivity contribution in [2.24, 2.45) is 5.73 Å². The first-order valence-electron chi connectivity index (χ1n) is 32.1. The number of aliphatic hydroxyl groups excluding tert-OH is 8. The molecule has 0 saturated carbocycles. The van der Waals surface area contributed by atoms with E-state index in [4.69, 9.17) is 136 Å². The summed E-state index contributed by atoms with van der Waals surface area (Å²) in [5.41, 5.74) is 27.3. The summed E-state index contributed by atoms with van der Waals surface area (Å²) >= 11 is 0. The Morgan fingerprint density at radius 1 is 0.395 bits per heavy atom. The lowest BCUT2D eigenvalue weighted by atomic mass is 10.1. The molecule has 78 heteroatoms. The summed E-state index contributed by atoms with van der Waals surface area (Å²) in [7, 11) is -41.4. The quantitative estimate of drug-likeness (QED) is 0.0180. The van der Waals surface area contributed by atoms with Crippen molar-refractivity contribution in [2.75, 3.05) is 49.4 Å². The summed E-state index contributed by atoms with van der Waals surface area (Å²) in [6.45, 7) is -3.22. The number of nitrogens with two attached hydrogens (primary N) is 5. The Labute approximate surface area is 683 Å². The molecule has 700 valence electrons. The second kappa shape index (κ2) is 43.2. The van der Waals surface area contributed by atoms with Gasteiger partial charge in [-0.1, -0.05) is 0 Å². The number of ether oxygens (including phenoxy) is 4. The molecule has 10 rings (SSSR count). The minimum Gasteiger partial charge on any atom is -0.481 e. The average Bonchev–Trinajstić information content (AvgIpc) is 1.64. The van der Waals surface area contributed by atoms with Crippen LogP contribution in [0.4, 0.5) is 23.3 Å². The SMILES string of the molecule is N[C@@H](CC(=O)O)C(=O)O.Nc1c(C(=O)N[C@@H](CC(=O)O)C(=O)O)ncn1C1O[C@H](COP(=O)(O)O)C(O)C1O.Nc1c(C(=O)O)ncn1[C@H]1O[C@H](COP(=O)(O)O)C(O)C1O.Nc1ncnc2c1ncn2[C@@H]1O[C@H](COP(=O)(O)OP(=O)(O)O)C(O)C1O.Nc1ncnc2c1ncn2[C@@H]1O[C@H](COP(=O)(O)OP(=O)(O)OP(=O)(O)O)C(O)C1O.O=P(O)(O)O. The fourth-order valence-electron chi connectivity index (χ4n) is 10.0. The maximum atomic E-state index is 12.2. The largest absolute Gasteiger partial charge is 0.490 e. The van der Waals surface area contributed by atoms with Crippen LogP contribution < -0.4 is 34.0 Å². The third-order valence-corrected chi connectivity index (χ3v) is 22.2. The number of rotatable bonds is 31. The number of aliphatic carboxylic acids is 4. The second-order valence-corrected chi connectivity index (χ2v) is 35.0. The van der Waals surface area contributed by atoms with E-state index < -0.39 is 265 Å². The van der Waals surface area contributed by atoms with Gasteiger partial charge in [-0.05, 0) is 0 Å². The number of phosphoric ester groups is 4. The highest BCUT2D eigenvalue weighted by atomic mass is 31.3. The minimum absolute atomic E-state index is 0.0426. The zero-order chi connectivity index (χ0) is 94.6. The Balaban J connectivity index is 0.000000280. The molecule has 10 heterocycles. The van der Waals surface area contributed by atoms with Gasteiger partial charge in [0.1, 0.15) is 121 Å². The maximum Gasteiger partial charge on any atom is 0.490 e. The van der Waals surface area contributed by atoms with Crippen LogP contribution in [-0.4, -0.2) is 341 Å². The van der Waals surface area contributed by atoms with Crippen LogP contribution in [0.25, 0.3) is 22.3 Å². The summed E-state index contributed by atoms with van der Waals surface area (Å²) in [6.07, 6.45) is -18.0. The van der Waals surface area contributed by atoms with Crippen LogP contribution in [0.2, 0.25) is 0 Å². The zero-order valence-corrected chi connectivity index (χ0v) is 67.9. The van der Waals surface area contributed by atoms with Crippen LogP contribution >= 0.6 is 62.6 Å². The standard InChI is InChI=1S/C13H19N4O12P.C10H16N5O13P3.C10H15N5O10P2.C9H14N3O9P.C4H7NO4.H3O4P/c14-10-7(11(22)16-4(13(23)24)1-6(18)19)15-3-17(10)12-9(21)8(20)5(29-12)2-28-30(25,26)27;11-8-5-9(13-2-12-8)15(3-14-5)10-7(17)6(16)4(26-10)1-25-30(21,22)28-31(23,24)27-29(18,19)20;11-8-5-9(13-2-12-8)15(3-14-5)10-7(17)6(16)4(24-10)1-23-27(21,22)25-26(18,19)20;10-7-4(9(15)16)11-2-12(7)8-6(14)5(13)3(21-8)1-20-22(17,18)19;5-2(4(8)9)1-3(6)7;1-5(2,3)4/h3-5,8-9,12,20-21H,1-2,14H2,(H,16,22)(H,18,19)(H,23,24)(H2,25,26,27);2-4,6-7,10,16-17H,1H2,(H,21,22)(H,23,24)(H2,11,12,13)(H2,18,19,20);2-4,6-7,10,16-17H,1H2,(H,21,22)(H2,11,12,13)(H2,18,19,20);2-3,5-6,8,13-14H,1,10H2,(H,15,16)(H2,17,18,19);2H,1,5H2,(H,6,7)(H,8,9);(H3,1,2,3,4)/t4-,5+,8?,9?,12?;2*4-,6?,7?,10-;3-,5?,6?,8+;2-;/m01110./s1. The van der Waals surface area contributed by atoms with Gasteiger partial charge in [0.25, 0.3) is 5.91 Å². The Morgan fingerprint density at radius 3 is 1.00 bits per heavy atom. The monoisotopic (exact) mass is 1960 g/mol. The lowest BCUT2D eigenvalue weighted by Crippen LogP contribution is -2.42. The molecule has 4 fully saturated rings.